The van der Waals surface area contributed by atoms with Crippen molar-refractivity contribution in [1.82, 2.24) is 15.7 Å². The zero-order valence-corrected chi connectivity index (χ0v) is 10.7. The minimum Gasteiger partial charge on any atom is -0.353 e. The van der Waals surface area contributed by atoms with Crippen LogP contribution in [0.2, 0.25) is 0 Å². The van der Waals surface area contributed by atoms with Gasteiger partial charge in [-0.25, -0.2) is 10.8 Å². The molecule has 0 saturated heterocycles. The third-order valence-electron chi connectivity index (χ3n) is 2.31. The van der Waals surface area contributed by atoms with E-state index in [0.29, 0.717) is 18.5 Å². The van der Waals surface area contributed by atoms with Crippen LogP contribution < -0.4 is 16.6 Å². The number of nitrogens with two attached hydrogens (primary N) is 1. The maximum atomic E-state index is 5.39. The van der Waals surface area contributed by atoms with Crippen molar-refractivity contribution in [2.75, 3.05) is 0 Å². The van der Waals surface area contributed by atoms with Crippen molar-refractivity contribution in [2.24, 2.45) is 10.8 Å². The Hall–Kier alpha value is -1.62. The highest BCUT2D eigenvalue weighted by molar-refractivity contribution is 5.79. The van der Waals surface area contributed by atoms with E-state index < -0.39 is 0 Å². The number of hydrazine groups is 1. The number of hydrogen-bond donors (Lipinski definition) is 3. The predicted octanol–water partition coefficient (Wildman–Crippen LogP) is 0.961. The molecule has 0 saturated carbocycles. The Morgan fingerprint density at radius 1 is 1.53 bits per heavy atom. The van der Waals surface area contributed by atoms with E-state index >= 15 is 0 Å². The first-order valence-electron chi connectivity index (χ1n) is 5.87. The smallest absolute Gasteiger partial charge is 0.206 e. The second-order valence-corrected chi connectivity index (χ2v) is 4.07. The number of nitrogens with one attached hydrogen (secondary N) is 2. The SMILES string of the molecule is CCc1cccnc1CN=C(NN)NC(C)C. The summed E-state index contributed by atoms with van der Waals surface area (Å²) >= 11 is 0. The lowest BCUT2D eigenvalue weighted by molar-refractivity contribution is 0.701. The standard InChI is InChI=1S/C12H21N5/c1-4-10-6-5-7-14-11(10)8-15-12(17-13)16-9(2)3/h5-7,9H,4,8,13H2,1-3H3,(H2,15,16,17). The Morgan fingerprint density at radius 3 is 2.88 bits per heavy atom. The molecule has 94 valence electrons. The van der Waals surface area contributed by atoms with Gasteiger partial charge in [0.25, 0.3) is 0 Å². The number of aromatic nitrogens is 1. The molecule has 1 aromatic rings. The average molecular weight is 235 g/mol. The number of aryl methyl sites for hydroxylation is 1. The molecule has 0 amide bonds. The molecule has 0 radical (unpaired) electrons. The highest BCUT2D eigenvalue weighted by Crippen LogP contribution is 2.07. The summed E-state index contributed by atoms with van der Waals surface area (Å²) in [4.78, 5) is 8.70. The molecule has 1 rings (SSSR count). The molecule has 0 unspecified atom stereocenters. The molecule has 0 aliphatic heterocycles. The number of hydrogen-bond acceptors (Lipinski definition) is 3. The summed E-state index contributed by atoms with van der Waals surface area (Å²) in [6.45, 7) is 6.71. The molecular weight excluding hydrogens is 214 g/mol. The van der Waals surface area contributed by atoms with Gasteiger partial charge >= 0.3 is 0 Å². The first-order valence-corrected chi connectivity index (χ1v) is 5.87. The molecule has 5 heteroatoms. The monoisotopic (exact) mass is 235 g/mol. The van der Waals surface area contributed by atoms with E-state index in [2.05, 4.69) is 33.7 Å². The molecule has 0 aliphatic carbocycles. The van der Waals surface area contributed by atoms with Crippen molar-refractivity contribution in [3.05, 3.63) is 29.6 Å². The van der Waals surface area contributed by atoms with Gasteiger partial charge in [0.2, 0.25) is 5.96 Å². The third-order valence-corrected chi connectivity index (χ3v) is 2.31. The zero-order valence-electron chi connectivity index (χ0n) is 10.7. The average Bonchev–Trinajstić information content (AvgIpc) is 2.34. The predicted molar refractivity (Wildman–Crippen MR) is 70.3 cm³/mol. The van der Waals surface area contributed by atoms with Crippen molar-refractivity contribution in [3.63, 3.8) is 0 Å². The topological polar surface area (TPSA) is 75.3 Å². The second-order valence-electron chi connectivity index (χ2n) is 4.07. The lowest BCUT2D eigenvalue weighted by atomic mass is 10.1. The molecule has 1 aromatic heterocycles. The molecule has 1 heterocycles. The van der Waals surface area contributed by atoms with E-state index in [-0.39, 0.29) is 0 Å². The fourth-order valence-corrected chi connectivity index (χ4v) is 1.50. The van der Waals surface area contributed by atoms with E-state index in [4.69, 9.17) is 5.84 Å². The molecule has 0 atom stereocenters. The molecule has 17 heavy (non-hydrogen) atoms. The van der Waals surface area contributed by atoms with Crippen molar-refractivity contribution in [3.8, 4) is 0 Å². The Bertz CT molecular complexity index is 373. The Morgan fingerprint density at radius 2 is 2.29 bits per heavy atom. The van der Waals surface area contributed by atoms with Crippen molar-refractivity contribution in [2.45, 2.75) is 39.8 Å². The summed E-state index contributed by atoms with van der Waals surface area (Å²) in [6.07, 6.45) is 2.75. The van der Waals surface area contributed by atoms with Gasteiger partial charge in [0.1, 0.15) is 0 Å². The highest BCUT2D eigenvalue weighted by Gasteiger charge is 2.02. The van der Waals surface area contributed by atoms with Crippen LogP contribution in [0, 0.1) is 0 Å². The fourth-order valence-electron chi connectivity index (χ4n) is 1.50. The molecule has 0 spiro atoms. The van der Waals surface area contributed by atoms with Gasteiger partial charge in [-0.2, -0.15) is 0 Å². The molecule has 0 fully saturated rings. The van der Waals surface area contributed by atoms with Gasteiger partial charge in [0.15, 0.2) is 0 Å². The lowest BCUT2D eigenvalue weighted by Crippen LogP contribution is -2.44. The van der Waals surface area contributed by atoms with E-state index in [1.54, 1.807) is 6.20 Å². The van der Waals surface area contributed by atoms with Gasteiger partial charge in [0, 0.05) is 12.2 Å². The summed E-state index contributed by atoms with van der Waals surface area (Å²) in [5.74, 6) is 5.98. The van der Waals surface area contributed by atoms with Gasteiger partial charge in [-0.15, -0.1) is 0 Å². The van der Waals surface area contributed by atoms with E-state index in [0.717, 1.165) is 12.1 Å². The quantitative estimate of drug-likeness (QED) is 0.314. The number of guanidine groups is 1. The van der Waals surface area contributed by atoms with Gasteiger partial charge in [0.05, 0.1) is 12.2 Å². The first-order chi connectivity index (χ1) is 8.17. The first kappa shape index (κ1) is 13.4. The molecule has 0 bridgehead atoms. The van der Waals surface area contributed by atoms with Crippen LogP contribution in [-0.2, 0) is 13.0 Å². The van der Waals surface area contributed by atoms with Crippen LogP contribution >= 0.6 is 0 Å². The van der Waals surface area contributed by atoms with Gasteiger partial charge in [-0.1, -0.05) is 13.0 Å². The number of nitrogens with zero attached hydrogens (tertiary/aromatic N) is 2. The van der Waals surface area contributed by atoms with Crippen LogP contribution in [0.25, 0.3) is 0 Å². The Labute approximate surface area is 103 Å². The van der Waals surface area contributed by atoms with Crippen LogP contribution in [0.15, 0.2) is 23.3 Å². The van der Waals surface area contributed by atoms with Crippen LogP contribution in [0.5, 0.6) is 0 Å². The molecule has 4 N–H and O–H groups in total. The second kappa shape index (κ2) is 6.85. The fraction of sp³-hybridized carbons (Fsp3) is 0.500. The summed E-state index contributed by atoms with van der Waals surface area (Å²) in [5.41, 5.74) is 4.77. The number of rotatable bonds is 4. The van der Waals surface area contributed by atoms with E-state index in [9.17, 15) is 0 Å². The normalized spacial score (nSPS) is 11.7. The van der Waals surface area contributed by atoms with Gasteiger partial charge in [-0.05, 0) is 31.9 Å². The van der Waals surface area contributed by atoms with Crippen LogP contribution in [0.3, 0.4) is 0 Å². The van der Waals surface area contributed by atoms with Crippen LogP contribution in [0.1, 0.15) is 32.0 Å². The van der Waals surface area contributed by atoms with E-state index in [1.807, 2.05) is 19.9 Å². The largest absolute Gasteiger partial charge is 0.353 e. The maximum Gasteiger partial charge on any atom is 0.206 e. The minimum absolute atomic E-state index is 0.291. The summed E-state index contributed by atoms with van der Waals surface area (Å²) in [5, 5.41) is 3.12. The summed E-state index contributed by atoms with van der Waals surface area (Å²) in [6, 6.07) is 4.31. The molecule has 0 aliphatic rings. The number of pyridine rings is 1. The van der Waals surface area contributed by atoms with Crippen LogP contribution in [0.4, 0.5) is 0 Å². The third kappa shape index (κ3) is 4.40. The van der Waals surface area contributed by atoms with Crippen molar-refractivity contribution in [1.29, 1.82) is 0 Å². The minimum atomic E-state index is 0.291. The molecule has 5 nitrogen and oxygen atoms in total. The number of aliphatic imine (C=N–C) groups is 1. The maximum absolute atomic E-state index is 5.39. The lowest BCUT2D eigenvalue weighted by Gasteiger charge is -2.12. The van der Waals surface area contributed by atoms with Crippen LogP contribution in [-0.4, -0.2) is 17.0 Å². The van der Waals surface area contributed by atoms with E-state index in [1.165, 1.54) is 5.56 Å². The summed E-state index contributed by atoms with van der Waals surface area (Å²) < 4.78 is 0. The van der Waals surface area contributed by atoms with Crippen molar-refractivity contribution < 1.29 is 0 Å². The highest BCUT2D eigenvalue weighted by atomic mass is 15.3. The Kier molecular flexibility index (Phi) is 5.42. The molecule has 0 aromatic carbocycles. The molecular formula is C12H21N5. The van der Waals surface area contributed by atoms with Gasteiger partial charge < -0.3 is 5.32 Å². The van der Waals surface area contributed by atoms with Gasteiger partial charge in [-0.3, -0.25) is 10.4 Å². The van der Waals surface area contributed by atoms with Crippen molar-refractivity contribution >= 4 is 5.96 Å². The Balaban J connectivity index is 2.72. The summed E-state index contributed by atoms with van der Waals surface area (Å²) in [7, 11) is 0. The zero-order chi connectivity index (χ0) is 12.7.